The molecule has 1 aromatic heterocycles. The normalized spacial score (nSPS) is 10.8. The number of amides is 1. The Morgan fingerprint density at radius 1 is 1.12 bits per heavy atom. The topological polar surface area (TPSA) is 66.2 Å². The number of carbonyl (C=O) groups excluding carboxylic acids is 1. The van der Waals surface area contributed by atoms with Crippen molar-refractivity contribution < 1.29 is 9.53 Å². The van der Waals surface area contributed by atoms with Crippen molar-refractivity contribution >= 4 is 22.5 Å². The molecule has 0 spiro atoms. The number of aromatic nitrogens is 1. The molecule has 1 amide bonds. The van der Waals surface area contributed by atoms with E-state index < -0.39 is 0 Å². The minimum absolute atomic E-state index is 0.145. The van der Waals surface area contributed by atoms with E-state index in [4.69, 9.17) is 4.74 Å². The molecule has 0 aliphatic carbocycles. The summed E-state index contributed by atoms with van der Waals surface area (Å²) < 4.78 is 5.76. The molecule has 3 aromatic rings. The van der Waals surface area contributed by atoms with E-state index in [9.17, 15) is 4.79 Å². The molecule has 0 saturated heterocycles. The predicted molar refractivity (Wildman–Crippen MR) is 106 cm³/mol. The molecular weight excluding hydrogens is 326 g/mol. The molecule has 0 bridgehead atoms. The Kier molecular flexibility index (Phi) is 6.28. The molecular formula is C21H25N3O2. The van der Waals surface area contributed by atoms with E-state index in [1.807, 2.05) is 42.6 Å². The van der Waals surface area contributed by atoms with E-state index in [-0.39, 0.29) is 5.91 Å². The van der Waals surface area contributed by atoms with Gasteiger partial charge in [-0.1, -0.05) is 19.1 Å². The Morgan fingerprint density at radius 3 is 2.88 bits per heavy atom. The van der Waals surface area contributed by atoms with Crippen LogP contribution >= 0.6 is 0 Å². The van der Waals surface area contributed by atoms with Crippen molar-refractivity contribution in [1.82, 2.24) is 10.3 Å². The summed E-state index contributed by atoms with van der Waals surface area (Å²) in [5.74, 6) is 0.571. The summed E-state index contributed by atoms with van der Waals surface area (Å²) in [7, 11) is 0. The number of rotatable bonds is 9. The average Bonchev–Trinajstić information content (AvgIpc) is 3.15. The quantitative estimate of drug-likeness (QED) is 0.507. The van der Waals surface area contributed by atoms with E-state index in [0.717, 1.165) is 42.5 Å². The number of benzene rings is 2. The number of nitrogens with one attached hydrogen (secondary N) is 3. The highest BCUT2D eigenvalue weighted by molar-refractivity contribution is 6.08. The van der Waals surface area contributed by atoms with Gasteiger partial charge in [-0.25, -0.2) is 0 Å². The van der Waals surface area contributed by atoms with Crippen molar-refractivity contribution in [1.29, 1.82) is 0 Å². The molecule has 0 atom stereocenters. The van der Waals surface area contributed by atoms with Crippen molar-refractivity contribution in [3.05, 3.63) is 60.3 Å². The van der Waals surface area contributed by atoms with Crippen LogP contribution in [0.4, 0.5) is 5.69 Å². The second kappa shape index (κ2) is 9.06. The molecule has 0 fully saturated rings. The van der Waals surface area contributed by atoms with E-state index >= 15 is 0 Å². The molecule has 26 heavy (non-hydrogen) atoms. The van der Waals surface area contributed by atoms with Crippen LogP contribution in [0, 0.1) is 0 Å². The molecule has 0 aliphatic heterocycles. The molecule has 2 aromatic carbocycles. The van der Waals surface area contributed by atoms with Gasteiger partial charge in [0.25, 0.3) is 5.91 Å². The third-order valence-electron chi connectivity index (χ3n) is 4.13. The fraction of sp³-hybridized carbons (Fsp3) is 0.286. The van der Waals surface area contributed by atoms with Gasteiger partial charge in [0, 0.05) is 22.7 Å². The summed E-state index contributed by atoms with van der Waals surface area (Å²) in [5, 5.41) is 7.32. The summed E-state index contributed by atoms with van der Waals surface area (Å²) >= 11 is 0. The molecule has 5 heteroatoms. The van der Waals surface area contributed by atoms with Gasteiger partial charge in [0.2, 0.25) is 0 Å². The summed E-state index contributed by atoms with van der Waals surface area (Å²) in [6.07, 6.45) is 3.94. The predicted octanol–water partition coefficient (Wildman–Crippen LogP) is 4.19. The van der Waals surface area contributed by atoms with E-state index in [1.54, 1.807) is 12.1 Å². The van der Waals surface area contributed by atoms with E-state index in [2.05, 4.69) is 22.5 Å². The van der Waals surface area contributed by atoms with Crippen LogP contribution in [0.15, 0.2) is 54.7 Å². The first-order valence-electron chi connectivity index (χ1n) is 9.09. The molecule has 0 radical (unpaired) electrons. The number of hydrogen-bond donors (Lipinski definition) is 3. The summed E-state index contributed by atoms with van der Waals surface area (Å²) in [5.41, 5.74) is 2.37. The minimum atomic E-state index is -0.145. The first-order valence-corrected chi connectivity index (χ1v) is 9.09. The summed E-state index contributed by atoms with van der Waals surface area (Å²) in [6, 6.07) is 15.1. The third kappa shape index (κ3) is 4.64. The molecule has 3 N–H and O–H groups in total. The van der Waals surface area contributed by atoms with Gasteiger partial charge < -0.3 is 20.4 Å². The molecule has 1 heterocycles. The monoisotopic (exact) mass is 351 g/mol. The maximum Gasteiger partial charge on any atom is 0.255 e. The van der Waals surface area contributed by atoms with Gasteiger partial charge in [0.05, 0.1) is 12.3 Å². The van der Waals surface area contributed by atoms with Crippen LogP contribution in [-0.2, 0) is 0 Å². The van der Waals surface area contributed by atoms with E-state index in [0.29, 0.717) is 17.9 Å². The Balaban J connectivity index is 1.59. The van der Waals surface area contributed by atoms with Crippen molar-refractivity contribution in [2.24, 2.45) is 0 Å². The van der Waals surface area contributed by atoms with Gasteiger partial charge >= 0.3 is 0 Å². The highest BCUT2D eigenvalue weighted by Crippen LogP contribution is 2.23. The zero-order valence-corrected chi connectivity index (χ0v) is 15.0. The molecule has 0 unspecified atom stereocenters. The average molecular weight is 351 g/mol. The fourth-order valence-corrected chi connectivity index (χ4v) is 2.80. The maximum absolute atomic E-state index is 12.6. The maximum atomic E-state index is 12.6. The van der Waals surface area contributed by atoms with Crippen molar-refractivity contribution in [2.45, 2.75) is 19.8 Å². The van der Waals surface area contributed by atoms with E-state index in [1.165, 1.54) is 0 Å². The van der Waals surface area contributed by atoms with Crippen LogP contribution in [0.3, 0.4) is 0 Å². The Hall–Kier alpha value is -2.79. The van der Waals surface area contributed by atoms with Crippen molar-refractivity contribution in [3.63, 3.8) is 0 Å². The van der Waals surface area contributed by atoms with Gasteiger partial charge in [-0.2, -0.15) is 0 Å². The smallest absolute Gasteiger partial charge is 0.255 e. The van der Waals surface area contributed by atoms with Crippen LogP contribution in [0.25, 0.3) is 10.9 Å². The lowest BCUT2D eigenvalue weighted by Crippen LogP contribution is -2.18. The zero-order valence-electron chi connectivity index (χ0n) is 15.0. The Labute approximate surface area is 153 Å². The fourth-order valence-electron chi connectivity index (χ4n) is 2.80. The minimum Gasteiger partial charge on any atom is -0.494 e. The molecule has 3 rings (SSSR count). The van der Waals surface area contributed by atoms with Crippen LogP contribution in [-0.4, -0.2) is 30.6 Å². The lowest BCUT2D eigenvalue weighted by molar-refractivity contribution is 0.102. The van der Waals surface area contributed by atoms with Crippen LogP contribution in [0.2, 0.25) is 0 Å². The number of hydrogen-bond acceptors (Lipinski definition) is 3. The van der Waals surface area contributed by atoms with Crippen LogP contribution in [0.5, 0.6) is 5.75 Å². The SMILES string of the molecule is CCCNCCCOc1cccc(C(=O)Nc2cccc3[nH]ccc23)c1. The van der Waals surface area contributed by atoms with Gasteiger partial charge in [-0.15, -0.1) is 0 Å². The second-order valence-electron chi connectivity index (χ2n) is 6.18. The number of carbonyl (C=O) groups is 1. The van der Waals surface area contributed by atoms with Crippen LogP contribution in [0.1, 0.15) is 30.1 Å². The van der Waals surface area contributed by atoms with Crippen molar-refractivity contribution in [3.8, 4) is 5.75 Å². The summed E-state index contributed by atoms with van der Waals surface area (Å²) in [6.45, 7) is 4.75. The lowest BCUT2D eigenvalue weighted by atomic mass is 10.1. The van der Waals surface area contributed by atoms with Gasteiger partial charge in [-0.05, 0) is 62.3 Å². The van der Waals surface area contributed by atoms with Gasteiger partial charge in [0.15, 0.2) is 0 Å². The first kappa shape index (κ1) is 18.0. The second-order valence-corrected chi connectivity index (χ2v) is 6.18. The molecule has 136 valence electrons. The zero-order chi connectivity index (χ0) is 18.2. The third-order valence-corrected chi connectivity index (χ3v) is 4.13. The standard InChI is InChI=1S/C21H25N3O2/c1-2-11-22-12-5-14-26-17-7-3-6-16(15-17)21(25)24-20-9-4-8-19-18(20)10-13-23-19/h3-4,6-10,13,15,22-23H,2,5,11-12,14H2,1H3,(H,24,25). The largest absolute Gasteiger partial charge is 0.494 e. The molecule has 0 aliphatic rings. The van der Waals surface area contributed by atoms with Gasteiger partial charge in [0.1, 0.15) is 5.75 Å². The summed E-state index contributed by atoms with van der Waals surface area (Å²) in [4.78, 5) is 15.7. The Bertz CT molecular complexity index is 857. The molecule has 5 nitrogen and oxygen atoms in total. The number of anilines is 1. The van der Waals surface area contributed by atoms with Gasteiger partial charge in [-0.3, -0.25) is 4.79 Å². The molecule has 0 saturated carbocycles. The Morgan fingerprint density at radius 2 is 2.00 bits per heavy atom. The highest BCUT2D eigenvalue weighted by Gasteiger charge is 2.09. The highest BCUT2D eigenvalue weighted by atomic mass is 16.5. The lowest BCUT2D eigenvalue weighted by Gasteiger charge is -2.10. The number of fused-ring (bicyclic) bond motifs is 1. The first-order chi connectivity index (χ1) is 12.8. The van der Waals surface area contributed by atoms with Crippen molar-refractivity contribution in [2.75, 3.05) is 25.0 Å². The van der Waals surface area contributed by atoms with Crippen LogP contribution < -0.4 is 15.4 Å². The number of ether oxygens (including phenoxy) is 1. The number of aromatic amines is 1. The number of H-pyrrole nitrogens is 1.